The van der Waals surface area contributed by atoms with Crippen LogP contribution >= 0.6 is 15.9 Å². The molecule has 0 bridgehead atoms. The maximum atomic E-state index is 12.0. The molecule has 0 atom stereocenters. The zero-order valence-electron chi connectivity index (χ0n) is 11.0. The lowest BCUT2D eigenvalue weighted by atomic mass is 10.1. The Balaban J connectivity index is 2.46. The van der Waals surface area contributed by atoms with E-state index < -0.39 is 10.0 Å². The number of anilines is 1. The first-order valence-corrected chi connectivity index (χ1v) is 7.99. The average Bonchev–Trinajstić information content (AvgIpc) is 2.41. The van der Waals surface area contributed by atoms with Gasteiger partial charge in [0.15, 0.2) is 0 Å². The Labute approximate surface area is 126 Å². The molecular weight excluding hydrogens is 342 g/mol. The van der Waals surface area contributed by atoms with Crippen LogP contribution in [0.2, 0.25) is 0 Å². The molecule has 0 aliphatic rings. The summed E-state index contributed by atoms with van der Waals surface area (Å²) in [5, 5.41) is 0. The molecule has 2 N–H and O–H groups in total. The summed E-state index contributed by atoms with van der Waals surface area (Å²) in [6.45, 7) is 0. The van der Waals surface area contributed by atoms with Gasteiger partial charge in [-0.2, -0.15) is 0 Å². The molecule has 20 heavy (non-hydrogen) atoms. The topological polar surface area (TPSA) is 76.3 Å². The molecule has 0 aliphatic heterocycles. The molecule has 7 heteroatoms. The molecule has 1 heterocycles. The first-order chi connectivity index (χ1) is 9.32. The van der Waals surface area contributed by atoms with Crippen LogP contribution in [0, 0.1) is 0 Å². The Bertz CT molecular complexity index is 728. The van der Waals surface area contributed by atoms with Crippen molar-refractivity contribution in [2.75, 3.05) is 19.8 Å². The number of nitrogens with zero attached hydrogens (tertiary/aromatic N) is 2. The van der Waals surface area contributed by atoms with Gasteiger partial charge in [0.1, 0.15) is 5.82 Å². The quantitative estimate of drug-likeness (QED) is 0.916. The Kier molecular flexibility index (Phi) is 4.12. The highest BCUT2D eigenvalue weighted by Crippen LogP contribution is 2.28. The van der Waals surface area contributed by atoms with E-state index in [4.69, 9.17) is 5.73 Å². The molecule has 0 radical (unpaired) electrons. The smallest absolute Gasteiger partial charge is 0.242 e. The van der Waals surface area contributed by atoms with Gasteiger partial charge in [-0.15, -0.1) is 0 Å². The summed E-state index contributed by atoms with van der Waals surface area (Å²) in [6.07, 6.45) is 1.61. The maximum Gasteiger partial charge on any atom is 0.242 e. The Morgan fingerprint density at radius 2 is 1.80 bits per heavy atom. The van der Waals surface area contributed by atoms with E-state index >= 15 is 0 Å². The average molecular weight is 356 g/mol. The van der Waals surface area contributed by atoms with Crippen molar-refractivity contribution in [1.29, 1.82) is 0 Å². The number of sulfonamides is 1. The second kappa shape index (κ2) is 5.51. The third kappa shape index (κ3) is 2.84. The van der Waals surface area contributed by atoms with Crippen molar-refractivity contribution in [1.82, 2.24) is 9.29 Å². The Morgan fingerprint density at radius 1 is 1.20 bits per heavy atom. The van der Waals surface area contributed by atoms with Crippen LogP contribution in [0.15, 0.2) is 45.9 Å². The minimum absolute atomic E-state index is 0.243. The highest BCUT2D eigenvalue weighted by atomic mass is 79.9. The van der Waals surface area contributed by atoms with E-state index in [-0.39, 0.29) is 4.90 Å². The highest BCUT2D eigenvalue weighted by molar-refractivity contribution is 9.10. The van der Waals surface area contributed by atoms with Crippen LogP contribution < -0.4 is 5.73 Å². The van der Waals surface area contributed by atoms with Gasteiger partial charge in [-0.25, -0.2) is 17.7 Å². The van der Waals surface area contributed by atoms with Crippen LogP contribution in [0.4, 0.5) is 5.82 Å². The predicted molar refractivity (Wildman–Crippen MR) is 82.7 cm³/mol. The Morgan fingerprint density at radius 3 is 2.35 bits per heavy atom. The number of halogens is 1. The summed E-state index contributed by atoms with van der Waals surface area (Å²) >= 11 is 3.34. The fourth-order valence-electron chi connectivity index (χ4n) is 1.70. The molecule has 2 aromatic rings. The fourth-order valence-corrected chi connectivity index (χ4v) is 2.93. The lowest BCUT2D eigenvalue weighted by Crippen LogP contribution is -2.22. The molecule has 0 fully saturated rings. The molecule has 0 saturated heterocycles. The normalized spacial score (nSPS) is 11.8. The number of aromatic nitrogens is 1. The van der Waals surface area contributed by atoms with Crippen molar-refractivity contribution < 1.29 is 8.42 Å². The largest absolute Gasteiger partial charge is 0.383 e. The van der Waals surface area contributed by atoms with Crippen molar-refractivity contribution in [3.63, 3.8) is 0 Å². The van der Waals surface area contributed by atoms with E-state index in [9.17, 15) is 8.42 Å². The highest BCUT2D eigenvalue weighted by Gasteiger charge is 2.17. The van der Waals surface area contributed by atoms with Crippen LogP contribution in [0.1, 0.15) is 0 Å². The number of benzene rings is 1. The zero-order chi connectivity index (χ0) is 14.9. The van der Waals surface area contributed by atoms with E-state index in [1.54, 1.807) is 30.5 Å². The number of pyridine rings is 1. The molecule has 1 aromatic carbocycles. The van der Waals surface area contributed by atoms with Crippen LogP contribution in [-0.4, -0.2) is 31.8 Å². The van der Waals surface area contributed by atoms with Crippen molar-refractivity contribution in [3.05, 3.63) is 41.0 Å². The number of nitrogen functional groups attached to an aromatic ring is 1. The van der Waals surface area contributed by atoms with Gasteiger partial charge in [-0.3, -0.25) is 0 Å². The lowest BCUT2D eigenvalue weighted by Gasteiger charge is -2.12. The Hall–Kier alpha value is -1.44. The van der Waals surface area contributed by atoms with E-state index in [0.29, 0.717) is 5.82 Å². The van der Waals surface area contributed by atoms with E-state index in [2.05, 4.69) is 20.9 Å². The lowest BCUT2D eigenvalue weighted by molar-refractivity contribution is 0.521. The van der Waals surface area contributed by atoms with Gasteiger partial charge in [-0.1, -0.05) is 12.1 Å². The number of rotatable bonds is 3. The third-order valence-electron chi connectivity index (χ3n) is 2.83. The van der Waals surface area contributed by atoms with E-state index in [0.717, 1.165) is 15.6 Å². The summed E-state index contributed by atoms with van der Waals surface area (Å²) < 4.78 is 26.0. The number of hydrogen-bond acceptors (Lipinski definition) is 4. The summed E-state index contributed by atoms with van der Waals surface area (Å²) in [5.41, 5.74) is 7.41. The molecule has 2 rings (SSSR count). The molecule has 1 aromatic heterocycles. The molecule has 5 nitrogen and oxygen atoms in total. The molecule has 0 aliphatic carbocycles. The summed E-state index contributed by atoms with van der Waals surface area (Å²) in [4.78, 5) is 4.30. The summed E-state index contributed by atoms with van der Waals surface area (Å²) in [6, 6.07) is 8.40. The third-order valence-corrected chi connectivity index (χ3v) is 5.09. The fraction of sp³-hybridized carbons (Fsp3) is 0.154. The van der Waals surface area contributed by atoms with Crippen LogP contribution in [0.25, 0.3) is 11.1 Å². The molecule has 0 saturated carbocycles. The molecular formula is C13H14BrN3O2S. The second-order valence-electron chi connectivity index (χ2n) is 4.40. The predicted octanol–water partition coefficient (Wildman–Crippen LogP) is 2.34. The van der Waals surface area contributed by atoms with Gasteiger partial charge in [0.2, 0.25) is 10.0 Å². The van der Waals surface area contributed by atoms with Gasteiger partial charge < -0.3 is 5.73 Å². The first-order valence-electron chi connectivity index (χ1n) is 5.76. The molecule has 0 spiro atoms. The minimum Gasteiger partial charge on any atom is -0.383 e. The second-order valence-corrected chi connectivity index (χ2v) is 7.47. The number of nitrogens with two attached hydrogens (primary N) is 1. The summed E-state index contributed by atoms with van der Waals surface area (Å²) in [7, 11) is -0.418. The van der Waals surface area contributed by atoms with E-state index in [1.807, 2.05) is 6.07 Å². The molecule has 0 unspecified atom stereocenters. The van der Waals surface area contributed by atoms with Crippen LogP contribution in [0.3, 0.4) is 0 Å². The first kappa shape index (κ1) is 15.0. The van der Waals surface area contributed by atoms with Gasteiger partial charge >= 0.3 is 0 Å². The minimum atomic E-state index is -3.42. The van der Waals surface area contributed by atoms with Gasteiger partial charge in [0, 0.05) is 30.3 Å². The summed E-state index contributed by atoms with van der Waals surface area (Å²) in [5.74, 6) is 0.399. The molecule has 106 valence electrons. The SMILES string of the molecule is CN(C)S(=O)(=O)c1ccc(-c2cc(Br)cnc2N)cc1. The van der Waals surface area contributed by atoms with Crippen LogP contribution in [0.5, 0.6) is 0 Å². The maximum absolute atomic E-state index is 12.0. The van der Waals surface area contributed by atoms with Crippen LogP contribution in [-0.2, 0) is 10.0 Å². The van der Waals surface area contributed by atoms with Crippen molar-refractivity contribution in [2.24, 2.45) is 0 Å². The standard InChI is InChI=1S/C13H14BrN3O2S/c1-17(2)20(18,19)11-5-3-9(4-6-11)12-7-10(14)8-16-13(12)15/h3-8H,1-2H3,(H2,15,16). The zero-order valence-corrected chi connectivity index (χ0v) is 13.4. The van der Waals surface area contributed by atoms with Crippen molar-refractivity contribution in [2.45, 2.75) is 4.90 Å². The van der Waals surface area contributed by atoms with Gasteiger partial charge in [0.25, 0.3) is 0 Å². The van der Waals surface area contributed by atoms with Crippen molar-refractivity contribution in [3.8, 4) is 11.1 Å². The van der Waals surface area contributed by atoms with Gasteiger partial charge in [0.05, 0.1) is 4.90 Å². The van der Waals surface area contributed by atoms with Crippen molar-refractivity contribution >= 4 is 31.8 Å². The van der Waals surface area contributed by atoms with E-state index in [1.165, 1.54) is 18.4 Å². The molecule has 0 amide bonds. The van der Waals surface area contributed by atoms with Gasteiger partial charge in [-0.05, 0) is 39.7 Å². The number of hydrogen-bond donors (Lipinski definition) is 1. The monoisotopic (exact) mass is 355 g/mol.